The summed E-state index contributed by atoms with van der Waals surface area (Å²) in [6, 6.07) is 9.23. The molecular formula is C14H14N4O2. The number of hydrogen-bond acceptors (Lipinski definition) is 5. The summed E-state index contributed by atoms with van der Waals surface area (Å²) in [6.45, 7) is 1.04. The van der Waals surface area contributed by atoms with Crippen molar-refractivity contribution in [2.45, 2.75) is 6.42 Å². The van der Waals surface area contributed by atoms with Gasteiger partial charge < -0.3 is 10.2 Å². The summed E-state index contributed by atoms with van der Waals surface area (Å²) in [6.07, 6.45) is 2.32. The molecule has 102 valence electrons. The van der Waals surface area contributed by atoms with Crippen molar-refractivity contribution in [2.24, 2.45) is 0 Å². The molecule has 0 atom stereocenters. The van der Waals surface area contributed by atoms with Crippen LogP contribution in [0.5, 0.6) is 0 Å². The van der Waals surface area contributed by atoms with Crippen molar-refractivity contribution in [1.29, 1.82) is 0 Å². The average molecular weight is 270 g/mol. The molecule has 6 nitrogen and oxygen atoms in total. The van der Waals surface area contributed by atoms with Gasteiger partial charge in [0.15, 0.2) is 0 Å². The van der Waals surface area contributed by atoms with E-state index in [9.17, 15) is 10.1 Å². The zero-order valence-electron chi connectivity index (χ0n) is 11.0. The molecule has 1 aliphatic rings. The third-order valence-corrected chi connectivity index (χ3v) is 3.44. The molecule has 2 aromatic rings. The maximum absolute atomic E-state index is 10.6. The Morgan fingerprint density at radius 2 is 2.20 bits per heavy atom. The van der Waals surface area contributed by atoms with Crippen LogP contribution in [0.2, 0.25) is 0 Å². The normalized spacial score (nSPS) is 13.2. The van der Waals surface area contributed by atoms with E-state index in [1.165, 1.54) is 23.5 Å². The zero-order chi connectivity index (χ0) is 14.1. The van der Waals surface area contributed by atoms with Crippen LogP contribution in [0.15, 0.2) is 36.5 Å². The maximum atomic E-state index is 10.6. The molecule has 6 heteroatoms. The number of hydrogen-bond donors (Lipinski definition) is 1. The van der Waals surface area contributed by atoms with Crippen molar-refractivity contribution in [2.75, 3.05) is 23.8 Å². The van der Waals surface area contributed by atoms with Crippen LogP contribution in [0.3, 0.4) is 0 Å². The largest absolute Gasteiger partial charge is 0.374 e. The molecule has 0 aliphatic carbocycles. The Bertz CT molecular complexity index is 655. The lowest BCUT2D eigenvalue weighted by atomic mass is 10.1. The molecule has 3 rings (SSSR count). The molecule has 0 spiro atoms. The van der Waals surface area contributed by atoms with E-state index in [4.69, 9.17) is 0 Å². The van der Waals surface area contributed by atoms with Gasteiger partial charge in [0.05, 0.1) is 4.92 Å². The molecule has 0 bridgehead atoms. The summed E-state index contributed by atoms with van der Waals surface area (Å²) in [5.41, 5.74) is 3.48. The Morgan fingerprint density at radius 1 is 1.35 bits per heavy atom. The molecule has 20 heavy (non-hydrogen) atoms. The van der Waals surface area contributed by atoms with Crippen molar-refractivity contribution in [3.63, 3.8) is 0 Å². The van der Waals surface area contributed by atoms with Crippen molar-refractivity contribution in [3.05, 3.63) is 52.2 Å². The van der Waals surface area contributed by atoms with E-state index in [0.29, 0.717) is 5.82 Å². The first-order valence-electron chi connectivity index (χ1n) is 6.35. The smallest absolute Gasteiger partial charge is 0.287 e. The minimum Gasteiger partial charge on any atom is -0.374 e. The molecule has 1 aliphatic heterocycles. The van der Waals surface area contributed by atoms with Gasteiger partial charge in [-0.3, -0.25) is 10.1 Å². The fourth-order valence-electron chi connectivity index (χ4n) is 2.33. The Labute approximate surface area is 116 Å². The van der Waals surface area contributed by atoms with E-state index in [-0.39, 0.29) is 5.69 Å². The SMILES string of the molecule is CN1CCc2ccc(Nc3ccc([N+](=O)[O-])cn3)cc21. The molecule has 0 saturated heterocycles. The van der Waals surface area contributed by atoms with Crippen LogP contribution in [-0.2, 0) is 6.42 Å². The molecule has 0 fully saturated rings. The minimum absolute atomic E-state index is 0.00997. The van der Waals surface area contributed by atoms with Gasteiger partial charge in [-0.05, 0) is 30.2 Å². The first-order chi connectivity index (χ1) is 9.63. The Hall–Kier alpha value is -2.63. The van der Waals surface area contributed by atoms with Crippen molar-refractivity contribution < 1.29 is 4.92 Å². The Kier molecular flexibility index (Phi) is 2.98. The second-order valence-electron chi connectivity index (χ2n) is 4.80. The number of nitrogens with zero attached hydrogens (tertiary/aromatic N) is 3. The lowest BCUT2D eigenvalue weighted by molar-refractivity contribution is -0.385. The number of likely N-dealkylation sites (N-methyl/N-ethyl adjacent to an activating group) is 1. The highest BCUT2D eigenvalue weighted by molar-refractivity contribution is 5.68. The minimum atomic E-state index is -0.457. The van der Waals surface area contributed by atoms with Crippen molar-refractivity contribution in [3.8, 4) is 0 Å². The highest BCUT2D eigenvalue weighted by Gasteiger charge is 2.15. The second-order valence-corrected chi connectivity index (χ2v) is 4.80. The summed E-state index contributed by atoms with van der Waals surface area (Å²) >= 11 is 0. The van der Waals surface area contributed by atoms with Gasteiger partial charge in [0.25, 0.3) is 5.69 Å². The van der Waals surface area contributed by atoms with Crippen LogP contribution in [-0.4, -0.2) is 23.5 Å². The second kappa shape index (κ2) is 4.80. The molecule has 0 amide bonds. The summed E-state index contributed by atoms with van der Waals surface area (Å²) in [5.74, 6) is 0.594. The third kappa shape index (κ3) is 2.27. The summed E-state index contributed by atoms with van der Waals surface area (Å²) < 4.78 is 0. The van der Waals surface area contributed by atoms with Gasteiger partial charge in [0, 0.05) is 31.0 Å². The molecule has 0 radical (unpaired) electrons. The van der Waals surface area contributed by atoms with E-state index in [1.54, 1.807) is 6.07 Å². The van der Waals surface area contributed by atoms with Crippen LogP contribution in [0, 0.1) is 10.1 Å². The predicted molar refractivity (Wildman–Crippen MR) is 77.6 cm³/mol. The summed E-state index contributed by atoms with van der Waals surface area (Å²) in [4.78, 5) is 16.4. The van der Waals surface area contributed by atoms with Crippen LogP contribution < -0.4 is 10.2 Å². The van der Waals surface area contributed by atoms with Crippen LogP contribution in [0.4, 0.5) is 22.9 Å². The van der Waals surface area contributed by atoms with Gasteiger partial charge >= 0.3 is 0 Å². The Balaban J connectivity index is 1.81. The van der Waals surface area contributed by atoms with Gasteiger partial charge in [0.1, 0.15) is 12.0 Å². The molecule has 0 unspecified atom stereocenters. The van der Waals surface area contributed by atoms with Crippen molar-refractivity contribution >= 4 is 22.9 Å². The fraction of sp³-hybridized carbons (Fsp3) is 0.214. The Morgan fingerprint density at radius 3 is 2.90 bits per heavy atom. The maximum Gasteiger partial charge on any atom is 0.287 e. The molecule has 1 aromatic carbocycles. The molecule has 1 N–H and O–H groups in total. The van der Waals surface area contributed by atoms with E-state index in [2.05, 4.69) is 34.4 Å². The number of fused-ring (bicyclic) bond motifs is 1. The first kappa shape index (κ1) is 12.4. The number of rotatable bonds is 3. The van der Waals surface area contributed by atoms with E-state index in [0.717, 1.165) is 18.7 Å². The highest BCUT2D eigenvalue weighted by atomic mass is 16.6. The van der Waals surface area contributed by atoms with Crippen LogP contribution in [0.25, 0.3) is 0 Å². The van der Waals surface area contributed by atoms with E-state index < -0.39 is 4.92 Å². The number of pyridine rings is 1. The highest BCUT2D eigenvalue weighted by Crippen LogP contribution is 2.30. The predicted octanol–water partition coefficient (Wildman–Crippen LogP) is 2.73. The molecular weight excluding hydrogens is 256 g/mol. The van der Waals surface area contributed by atoms with Crippen molar-refractivity contribution in [1.82, 2.24) is 4.98 Å². The summed E-state index contributed by atoms with van der Waals surface area (Å²) in [7, 11) is 2.07. The molecule has 2 heterocycles. The van der Waals surface area contributed by atoms with Gasteiger partial charge in [-0.2, -0.15) is 0 Å². The number of nitrogens with one attached hydrogen (secondary N) is 1. The standard InChI is InChI=1S/C14H14N4O2/c1-17-7-6-10-2-3-11(8-13(10)17)16-14-5-4-12(9-15-14)18(19)20/h2-5,8-9H,6-7H2,1H3,(H,15,16). The quantitative estimate of drug-likeness (QED) is 0.686. The molecule has 1 aromatic heterocycles. The number of benzene rings is 1. The van der Waals surface area contributed by atoms with Crippen LogP contribution >= 0.6 is 0 Å². The average Bonchev–Trinajstić information content (AvgIpc) is 2.81. The summed E-state index contributed by atoms with van der Waals surface area (Å²) in [5, 5.41) is 13.7. The van der Waals surface area contributed by atoms with E-state index in [1.807, 2.05) is 6.07 Å². The van der Waals surface area contributed by atoms with Crippen LogP contribution in [0.1, 0.15) is 5.56 Å². The van der Waals surface area contributed by atoms with E-state index >= 15 is 0 Å². The monoisotopic (exact) mass is 270 g/mol. The molecule has 0 saturated carbocycles. The van der Waals surface area contributed by atoms with Gasteiger partial charge in [-0.25, -0.2) is 4.98 Å². The van der Waals surface area contributed by atoms with Gasteiger partial charge in [-0.15, -0.1) is 0 Å². The number of aromatic nitrogens is 1. The number of anilines is 3. The number of nitro groups is 1. The lowest BCUT2D eigenvalue weighted by Gasteiger charge is -2.13. The van der Waals surface area contributed by atoms with Gasteiger partial charge in [-0.1, -0.05) is 6.07 Å². The van der Waals surface area contributed by atoms with Gasteiger partial charge in [0.2, 0.25) is 0 Å². The fourth-order valence-corrected chi connectivity index (χ4v) is 2.33. The lowest BCUT2D eigenvalue weighted by Crippen LogP contribution is -2.12. The topological polar surface area (TPSA) is 71.3 Å². The zero-order valence-corrected chi connectivity index (χ0v) is 11.0. The first-order valence-corrected chi connectivity index (χ1v) is 6.35. The third-order valence-electron chi connectivity index (χ3n) is 3.44.